The Bertz CT molecular complexity index is 1620. The number of pyridine rings is 1. The summed E-state index contributed by atoms with van der Waals surface area (Å²) in [6.45, 7) is 5.78. The van der Waals surface area contributed by atoms with Crippen molar-refractivity contribution in [1.29, 1.82) is 0 Å². The number of aryl methyl sites for hydroxylation is 2. The highest BCUT2D eigenvalue weighted by Gasteiger charge is 2.25. The molecule has 2 heterocycles. The first-order valence-electron chi connectivity index (χ1n) is 13.4. The Morgan fingerprint density at radius 2 is 1.89 bits per heavy atom. The molecule has 0 bridgehead atoms. The van der Waals surface area contributed by atoms with Crippen LogP contribution in [0.3, 0.4) is 0 Å². The van der Waals surface area contributed by atoms with E-state index in [0.29, 0.717) is 11.5 Å². The minimum atomic E-state index is -3.40. The Morgan fingerprint density at radius 1 is 1.13 bits per heavy atom. The highest BCUT2D eigenvalue weighted by Crippen LogP contribution is 2.38. The number of amides is 1. The SMILES string of the molecule is CCS(=O)(=O)c1cccc(-c2cc(C(=O)NC3CCC(CCO)CC3)c(C)c3[nH]c4ncc(C)cc4c23)c1. The summed E-state index contributed by atoms with van der Waals surface area (Å²) in [4.78, 5) is 21.9. The number of benzene rings is 2. The minimum absolute atomic E-state index is 0.0180. The average molecular weight is 534 g/mol. The molecule has 200 valence electrons. The number of fused-ring (bicyclic) bond motifs is 3. The molecular formula is C30H35N3O4S. The summed E-state index contributed by atoms with van der Waals surface area (Å²) in [6.07, 6.45) is 6.43. The van der Waals surface area contributed by atoms with Crippen LogP contribution in [0.1, 0.15) is 60.5 Å². The Kier molecular flexibility index (Phi) is 7.29. The zero-order valence-corrected chi connectivity index (χ0v) is 23.0. The fourth-order valence-corrected chi connectivity index (χ4v) is 6.65. The average Bonchev–Trinajstić information content (AvgIpc) is 3.29. The minimum Gasteiger partial charge on any atom is -0.396 e. The van der Waals surface area contributed by atoms with Gasteiger partial charge in [-0.1, -0.05) is 19.1 Å². The van der Waals surface area contributed by atoms with Crippen molar-refractivity contribution in [3.8, 4) is 11.1 Å². The van der Waals surface area contributed by atoms with Crippen molar-refractivity contribution in [2.75, 3.05) is 12.4 Å². The number of hydrogen-bond acceptors (Lipinski definition) is 5. The predicted molar refractivity (Wildman–Crippen MR) is 151 cm³/mol. The lowest BCUT2D eigenvalue weighted by Crippen LogP contribution is -2.38. The Balaban J connectivity index is 1.62. The molecule has 38 heavy (non-hydrogen) atoms. The molecule has 0 radical (unpaired) electrons. The summed E-state index contributed by atoms with van der Waals surface area (Å²) in [5, 5.41) is 14.4. The fourth-order valence-electron chi connectivity index (χ4n) is 5.72. The number of carbonyl (C=O) groups is 1. The van der Waals surface area contributed by atoms with E-state index in [1.807, 2.05) is 32.2 Å². The zero-order valence-electron chi connectivity index (χ0n) is 22.2. The molecule has 5 rings (SSSR count). The molecule has 1 fully saturated rings. The topological polar surface area (TPSA) is 112 Å². The van der Waals surface area contributed by atoms with Crippen LogP contribution in [-0.4, -0.2) is 47.8 Å². The van der Waals surface area contributed by atoms with Gasteiger partial charge in [0, 0.05) is 35.2 Å². The van der Waals surface area contributed by atoms with Gasteiger partial charge in [0.05, 0.1) is 16.2 Å². The van der Waals surface area contributed by atoms with Crippen molar-refractivity contribution in [1.82, 2.24) is 15.3 Å². The van der Waals surface area contributed by atoms with Gasteiger partial charge < -0.3 is 15.4 Å². The van der Waals surface area contributed by atoms with E-state index >= 15 is 0 Å². The lowest BCUT2D eigenvalue weighted by Gasteiger charge is -2.29. The van der Waals surface area contributed by atoms with Gasteiger partial charge in [0.2, 0.25) is 0 Å². The van der Waals surface area contributed by atoms with Crippen molar-refractivity contribution in [3.05, 3.63) is 59.3 Å². The van der Waals surface area contributed by atoms with Gasteiger partial charge in [-0.2, -0.15) is 0 Å². The van der Waals surface area contributed by atoms with Crippen molar-refractivity contribution in [2.24, 2.45) is 5.92 Å². The standard InChI is InChI=1S/C30H35N3O4S/c1-4-38(36,37)23-7-5-6-21(15-23)25-16-24(30(35)32-22-10-8-20(9-11-22)12-13-34)19(3)28-27(25)26-14-18(2)17-31-29(26)33-28/h5-7,14-17,20,22,34H,4,8-13H2,1-3H3,(H,31,33)(H,32,35). The summed E-state index contributed by atoms with van der Waals surface area (Å²) in [5.41, 5.74) is 5.52. The van der Waals surface area contributed by atoms with Gasteiger partial charge >= 0.3 is 0 Å². The van der Waals surface area contributed by atoms with Crippen LogP contribution in [0.15, 0.2) is 47.5 Å². The van der Waals surface area contributed by atoms with Gasteiger partial charge in [-0.25, -0.2) is 13.4 Å². The molecule has 0 unspecified atom stereocenters. The Hall–Kier alpha value is -3.23. The summed E-state index contributed by atoms with van der Waals surface area (Å²) < 4.78 is 25.4. The number of aromatic nitrogens is 2. The van der Waals surface area contributed by atoms with Crippen LogP contribution >= 0.6 is 0 Å². The summed E-state index contributed by atoms with van der Waals surface area (Å²) in [7, 11) is -3.40. The van der Waals surface area contributed by atoms with Crippen molar-refractivity contribution >= 4 is 37.7 Å². The summed E-state index contributed by atoms with van der Waals surface area (Å²) >= 11 is 0. The van der Waals surface area contributed by atoms with Gasteiger partial charge in [-0.05, 0) is 98.4 Å². The maximum Gasteiger partial charge on any atom is 0.251 e. The maximum absolute atomic E-state index is 13.6. The van der Waals surface area contributed by atoms with E-state index in [4.69, 9.17) is 0 Å². The smallest absolute Gasteiger partial charge is 0.251 e. The van der Waals surface area contributed by atoms with Crippen LogP contribution in [0.5, 0.6) is 0 Å². The summed E-state index contributed by atoms with van der Waals surface area (Å²) in [6, 6.07) is 11.0. The van der Waals surface area contributed by atoms with E-state index in [9.17, 15) is 18.3 Å². The van der Waals surface area contributed by atoms with Crippen molar-refractivity contribution in [2.45, 2.75) is 63.8 Å². The second-order valence-electron chi connectivity index (χ2n) is 10.5. The largest absolute Gasteiger partial charge is 0.396 e. The second kappa shape index (κ2) is 10.5. The zero-order chi connectivity index (χ0) is 27.0. The molecule has 0 spiro atoms. The van der Waals surface area contributed by atoms with Gasteiger partial charge in [-0.3, -0.25) is 4.79 Å². The van der Waals surface area contributed by atoms with E-state index in [-0.39, 0.29) is 29.2 Å². The van der Waals surface area contributed by atoms with Crippen LogP contribution in [0, 0.1) is 19.8 Å². The number of nitrogens with zero attached hydrogens (tertiary/aromatic N) is 1. The van der Waals surface area contributed by atoms with Gasteiger partial charge in [0.25, 0.3) is 5.91 Å². The highest BCUT2D eigenvalue weighted by atomic mass is 32.2. The van der Waals surface area contributed by atoms with E-state index in [0.717, 1.165) is 76.3 Å². The first-order chi connectivity index (χ1) is 18.2. The van der Waals surface area contributed by atoms with E-state index < -0.39 is 9.84 Å². The van der Waals surface area contributed by atoms with Crippen LogP contribution in [0.2, 0.25) is 0 Å². The number of aliphatic hydroxyl groups is 1. The number of aliphatic hydroxyl groups excluding tert-OH is 1. The monoisotopic (exact) mass is 533 g/mol. The Morgan fingerprint density at radius 3 is 2.61 bits per heavy atom. The number of aromatic amines is 1. The number of rotatable bonds is 7. The molecule has 0 aliphatic heterocycles. The number of sulfone groups is 1. The molecule has 1 aliphatic carbocycles. The van der Waals surface area contributed by atoms with Crippen LogP contribution in [0.25, 0.3) is 33.1 Å². The van der Waals surface area contributed by atoms with E-state index in [2.05, 4.69) is 21.4 Å². The molecule has 0 saturated heterocycles. The molecule has 0 atom stereocenters. The number of H-pyrrole nitrogens is 1. The first kappa shape index (κ1) is 26.4. The third kappa shape index (κ3) is 4.95. The van der Waals surface area contributed by atoms with Crippen molar-refractivity contribution in [3.63, 3.8) is 0 Å². The third-order valence-electron chi connectivity index (χ3n) is 7.97. The number of hydrogen-bond donors (Lipinski definition) is 3. The van der Waals surface area contributed by atoms with E-state index in [1.54, 1.807) is 25.1 Å². The first-order valence-corrected chi connectivity index (χ1v) is 15.0. The molecular weight excluding hydrogens is 498 g/mol. The third-order valence-corrected chi connectivity index (χ3v) is 9.70. The van der Waals surface area contributed by atoms with Crippen LogP contribution < -0.4 is 5.32 Å². The van der Waals surface area contributed by atoms with Crippen molar-refractivity contribution < 1.29 is 18.3 Å². The second-order valence-corrected chi connectivity index (χ2v) is 12.8. The molecule has 3 N–H and O–H groups in total. The summed E-state index contributed by atoms with van der Waals surface area (Å²) in [5.74, 6) is 0.410. The van der Waals surface area contributed by atoms with Crippen LogP contribution in [0.4, 0.5) is 0 Å². The number of nitrogens with one attached hydrogen (secondary N) is 2. The molecule has 4 aromatic rings. The molecule has 1 aliphatic rings. The molecule has 2 aromatic carbocycles. The normalized spacial score (nSPS) is 18.2. The van der Waals surface area contributed by atoms with Gasteiger partial charge in [0.15, 0.2) is 9.84 Å². The molecule has 1 saturated carbocycles. The van der Waals surface area contributed by atoms with E-state index in [1.165, 1.54) is 0 Å². The lowest BCUT2D eigenvalue weighted by molar-refractivity contribution is 0.0918. The quantitative estimate of drug-likeness (QED) is 0.292. The predicted octanol–water partition coefficient (Wildman–Crippen LogP) is 5.46. The Labute approximate surface area is 223 Å². The van der Waals surface area contributed by atoms with Crippen LogP contribution in [-0.2, 0) is 9.84 Å². The van der Waals surface area contributed by atoms with Gasteiger partial charge in [0.1, 0.15) is 5.65 Å². The lowest BCUT2D eigenvalue weighted by atomic mass is 9.84. The molecule has 1 amide bonds. The maximum atomic E-state index is 13.6. The number of carbonyl (C=O) groups excluding carboxylic acids is 1. The fraction of sp³-hybridized carbons (Fsp3) is 0.400. The van der Waals surface area contributed by atoms with Gasteiger partial charge in [-0.15, -0.1) is 0 Å². The molecule has 7 nitrogen and oxygen atoms in total. The molecule has 8 heteroatoms. The highest BCUT2D eigenvalue weighted by molar-refractivity contribution is 7.91. The molecule has 2 aromatic heterocycles.